The smallest absolute Gasteiger partial charge is 0.294 e. The van der Waals surface area contributed by atoms with E-state index in [1.807, 2.05) is 0 Å². The highest BCUT2D eigenvalue weighted by Crippen LogP contribution is 2.31. The Kier molecular flexibility index (Phi) is 4.35. The van der Waals surface area contributed by atoms with Gasteiger partial charge in [0.15, 0.2) is 11.6 Å². The number of carbonyl (C=O) groups is 2. The lowest BCUT2D eigenvalue weighted by atomic mass is 10.0. The maximum absolute atomic E-state index is 12.9. The predicted molar refractivity (Wildman–Crippen MR) is 83.2 cm³/mol. The fraction of sp³-hybridized carbons (Fsp3) is 0.176. The number of halogens is 3. The monoisotopic (exact) mass is 347 g/mol. The number of fused-ring (bicyclic) bond motifs is 1. The topological polar surface area (TPSA) is 75.7 Å². The van der Waals surface area contributed by atoms with Gasteiger partial charge in [-0.3, -0.25) is 19.7 Å². The van der Waals surface area contributed by atoms with Gasteiger partial charge in [-0.1, -0.05) is 0 Å². The third-order valence-electron chi connectivity index (χ3n) is 3.72. The average molecular weight is 347 g/mol. The van der Waals surface area contributed by atoms with Crippen LogP contribution in [0.4, 0.5) is 13.2 Å². The number of Topliss-reactive ketones (excluding diaryl/α,β-unsaturated/α-hetero) is 2. The van der Waals surface area contributed by atoms with E-state index in [4.69, 9.17) is 0 Å². The van der Waals surface area contributed by atoms with Crippen molar-refractivity contribution in [3.8, 4) is 0 Å². The first-order valence-electron chi connectivity index (χ1n) is 7.38. The molecule has 0 unspecified atom stereocenters. The number of alkyl halides is 3. The number of aromatic amines is 1. The number of H-pyrrole nitrogens is 1. The Morgan fingerprint density at radius 1 is 1.08 bits per heavy atom. The van der Waals surface area contributed by atoms with Crippen LogP contribution in [0.3, 0.4) is 0 Å². The molecule has 0 amide bonds. The van der Waals surface area contributed by atoms with Gasteiger partial charge in [-0.25, -0.2) is 0 Å². The highest BCUT2D eigenvalue weighted by Gasteiger charge is 2.35. The van der Waals surface area contributed by atoms with Gasteiger partial charge in [0.25, 0.3) is 0 Å². The Hall–Kier alpha value is -3.03. The molecule has 5 nitrogen and oxygen atoms in total. The van der Waals surface area contributed by atoms with E-state index >= 15 is 0 Å². The lowest BCUT2D eigenvalue weighted by molar-refractivity contribution is -0.138. The second-order valence-corrected chi connectivity index (χ2v) is 5.42. The van der Waals surface area contributed by atoms with Crippen LogP contribution in [0.1, 0.15) is 39.3 Å². The molecule has 25 heavy (non-hydrogen) atoms. The van der Waals surface area contributed by atoms with E-state index in [2.05, 4.69) is 15.2 Å². The fourth-order valence-electron chi connectivity index (χ4n) is 2.46. The maximum atomic E-state index is 12.9. The van der Waals surface area contributed by atoms with E-state index in [0.717, 1.165) is 29.2 Å². The molecule has 2 aromatic heterocycles. The Balaban J connectivity index is 1.73. The molecule has 0 atom stereocenters. The van der Waals surface area contributed by atoms with Crippen molar-refractivity contribution >= 4 is 22.5 Å². The highest BCUT2D eigenvalue weighted by atomic mass is 19.4. The molecule has 3 rings (SSSR count). The van der Waals surface area contributed by atoms with Crippen LogP contribution in [-0.2, 0) is 6.18 Å². The molecule has 0 aliphatic carbocycles. The Morgan fingerprint density at radius 3 is 2.60 bits per heavy atom. The van der Waals surface area contributed by atoms with E-state index in [1.165, 1.54) is 0 Å². The molecule has 0 aliphatic heterocycles. The molecule has 0 radical (unpaired) electrons. The zero-order valence-electron chi connectivity index (χ0n) is 12.8. The van der Waals surface area contributed by atoms with Gasteiger partial charge in [0.05, 0.1) is 17.3 Å². The first kappa shape index (κ1) is 16.8. The summed E-state index contributed by atoms with van der Waals surface area (Å²) in [6.45, 7) is 0. The van der Waals surface area contributed by atoms with E-state index in [1.54, 1.807) is 24.4 Å². The van der Waals surface area contributed by atoms with Gasteiger partial charge < -0.3 is 0 Å². The van der Waals surface area contributed by atoms with Crippen LogP contribution < -0.4 is 0 Å². The van der Waals surface area contributed by atoms with Crippen LogP contribution >= 0.6 is 0 Å². The molecule has 0 saturated heterocycles. The van der Waals surface area contributed by atoms with Crippen molar-refractivity contribution in [1.29, 1.82) is 0 Å². The first-order chi connectivity index (χ1) is 11.9. The Morgan fingerprint density at radius 2 is 1.84 bits per heavy atom. The normalized spacial score (nSPS) is 11.6. The van der Waals surface area contributed by atoms with Crippen molar-refractivity contribution in [2.45, 2.75) is 19.0 Å². The molecule has 8 heteroatoms. The number of nitrogens with one attached hydrogen (secondary N) is 1. The lowest BCUT2D eigenvalue weighted by Crippen LogP contribution is -2.15. The van der Waals surface area contributed by atoms with E-state index in [-0.39, 0.29) is 18.6 Å². The number of pyridine rings is 1. The SMILES string of the molecule is O=C(CCC(=O)c1ncccc1C(F)(F)F)c1ccc2[nH]ncc2c1. The number of benzene rings is 1. The van der Waals surface area contributed by atoms with Crippen molar-refractivity contribution in [2.24, 2.45) is 0 Å². The largest absolute Gasteiger partial charge is 0.418 e. The number of nitrogens with zero attached hydrogens (tertiary/aromatic N) is 2. The van der Waals surface area contributed by atoms with Gasteiger partial charge in [0.2, 0.25) is 0 Å². The molecule has 0 fully saturated rings. The molecule has 0 bridgehead atoms. The predicted octanol–water partition coefficient (Wildman–Crippen LogP) is 3.82. The van der Waals surface area contributed by atoms with Crippen molar-refractivity contribution in [3.63, 3.8) is 0 Å². The summed E-state index contributed by atoms with van der Waals surface area (Å²) < 4.78 is 38.8. The Labute approximate surface area is 139 Å². The summed E-state index contributed by atoms with van der Waals surface area (Å²) in [5, 5.41) is 7.33. The first-order valence-corrected chi connectivity index (χ1v) is 7.38. The molecular weight excluding hydrogens is 335 g/mol. The van der Waals surface area contributed by atoms with Crippen molar-refractivity contribution < 1.29 is 22.8 Å². The van der Waals surface area contributed by atoms with Gasteiger partial charge in [-0.05, 0) is 30.3 Å². The van der Waals surface area contributed by atoms with E-state index in [9.17, 15) is 22.8 Å². The molecule has 0 saturated carbocycles. The second-order valence-electron chi connectivity index (χ2n) is 5.42. The third-order valence-corrected chi connectivity index (χ3v) is 3.72. The number of aromatic nitrogens is 3. The molecule has 128 valence electrons. The highest BCUT2D eigenvalue weighted by molar-refractivity contribution is 6.03. The van der Waals surface area contributed by atoms with Crippen molar-refractivity contribution in [2.75, 3.05) is 0 Å². The summed E-state index contributed by atoms with van der Waals surface area (Å²) in [4.78, 5) is 27.8. The standard InChI is InChI=1S/C17H12F3N3O2/c18-17(19,20)12-2-1-7-21-16(12)15(25)6-5-14(24)10-3-4-13-11(8-10)9-22-23-13/h1-4,7-9H,5-6H2,(H,22,23). The summed E-state index contributed by atoms with van der Waals surface area (Å²) in [7, 11) is 0. The van der Waals surface area contributed by atoms with Gasteiger partial charge in [0, 0.05) is 30.0 Å². The molecular formula is C17H12F3N3O2. The van der Waals surface area contributed by atoms with Gasteiger partial charge in [-0.15, -0.1) is 0 Å². The van der Waals surface area contributed by atoms with E-state index < -0.39 is 23.2 Å². The quantitative estimate of drug-likeness (QED) is 0.712. The molecule has 3 aromatic rings. The van der Waals surface area contributed by atoms with E-state index in [0.29, 0.717) is 5.56 Å². The number of hydrogen-bond donors (Lipinski definition) is 1. The summed E-state index contributed by atoms with van der Waals surface area (Å²) in [5.41, 5.74) is -0.616. The summed E-state index contributed by atoms with van der Waals surface area (Å²) in [5.74, 6) is -1.15. The summed E-state index contributed by atoms with van der Waals surface area (Å²) in [6, 6.07) is 6.79. The number of ketones is 2. The average Bonchev–Trinajstić information content (AvgIpc) is 3.06. The summed E-state index contributed by atoms with van der Waals surface area (Å²) in [6.07, 6.45) is -2.54. The zero-order chi connectivity index (χ0) is 18.0. The minimum atomic E-state index is -4.67. The molecule has 2 heterocycles. The van der Waals surface area contributed by atoms with Gasteiger partial charge >= 0.3 is 6.18 Å². The second kappa shape index (κ2) is 6.46. The number of hydrogen-bond acceptors (Lipinski definition) is 4. The van der Waals surface area contributed by atoms with Crippen LogP contribution in [-0.4, -0.2) is 26.7 Å². The number of rotatable bonds is 5. The van der Waals surface area contributed by atoms with Crippen LogP contribution in [0, 0.1) is 0 Å². The fourth-order valence-corrected chi connectivity index (χ4v) is 2.46. The molecule has 1 N–H and O–H groups in total. The maximum Gasteiger partial charge on any atom is 0.418 e. The molecule has 1 aromatic carbocycles. The van der Waals surface area contributed by atoms with Crippen molar-refractivity contribution in [3.05, 3.63) is 59.5 Å². The van der Waals surface area contributed by atoms with Crippen LogP contribution in [0.5, 0.6) is 0 Å². The van der Waals surface area contributed by atoms with Crippen molar-refractivity contribution in [1.82, 2.24) is 15.2 Å². The minimum absolute atomic E-state index is 0.198. The van der Waals surface area contributed by atoms with Crippen LogP contribution in [0.25, 0.3) is 10.9 Å². The lowest BCUT2D eigenvalue weighted by Gasteiger charge is -2.10. The molecule has 0 aliphatic rings. The minimum Gasteiger partial charge on any atom is -0.294 e. The van der Waals surface area contributed by atoms with Crippen LogP contribution in [0.15, 0.2) is 42.7 Å². The molecule has 0 spiro atoms. The van der Waals surface area contributed by atoms with Gasteiger partial charge in [-0.2, -0.15) is 18.3 Å². The summed E-state index contributed by atoms with van der Waals surface area (Å²) >= 11 is 0. The number of carbonyl (C=O) groups excluding carboxylic acids is 2. The van der Waals surface area contributed by atoms with Gasteiger partial charge in [0.1, 0.15) is 5.69 Å². The van der Waals surface area contributed by atoms with Crippen LogP contribution in [0.2, 0.25) is 0 Å². The third kappa shape index (κ3) is 3.57. The Bertz CT molecular complexity index is 947. The zero-order valence-corrected chi connectivity index (χ0v) is 12.8.